The Morgan fingerprint density at radius 1 is 1.80 bits per heavy atom. The number of alkyl halides is 1. The average Bonchev–Trinajstić information content (AvgIpc) is 2.48. The molecular formula is C7H12FNO. The molecular weight excluding hydrogens is 133 g/mol. The van der Waals surface area contributed by atoms with Gasteiger partial charge in [0.05, 0.1) is 0 Å². The van der Waals surface area contributed by atoms with Crippen molar-refractivity contribution in [1.82, 2.24) is 5.32 Å². The van der Waals surface area contributed by atoms with Crippen LogP contribution < -0.4 is 5.32 Å². The molecule has 1 amide bonds. The summed E-state index contributed by atoms with van der Waals surface area (Å²) in [4.78, 5) is 9.89. The summed E-state index contributed by atoms with van der Waals surface area (Å²) >= 11 is 0. The van der Waals surface area contributed by atoms with Gasteiger partial charge >= 0.3 is 0 Å². The highest BCUT2D eigenvalue weighted by Crippen LogP contribution is 2.43. The van der Waals surface area contributed by atoms with Crippen molar-refractivity contribution in [3.8, 4) is 0 Å². The molecule has 0 aromatic heterocycles. The molecule has 1 atom stereocenters. The SMILES string of the molecule is CC(CC1(F)CC1)NC=O. The van der Waals surface area contributed by atoms with Crippen LogP contribution in [0.25, 0.3) is 0 Å². The lowest BCUT2D eigenvalue weighted by Gasteiger charge is -2.11. The van der Waals surface area contributed by atoms with Crippen LogP contribution >= 0.6 is 0 Å². The van der Waals surface area contributed by atoms with Gasteiger partial charge in [0.15, 0.2) is 0 Å². The minimum Gasteiger partial charge on any atom is -0.356 e. The molecule has 10 heavy (non-hydrogen) atoms. The number of rotatable bonds is 4. The molecule has 1 aliphatic rings. The van der Waals surface area contributed by atoms with Crippen molar-refractivity contribution in [2.45, 2.75) is 37.9 Å². The number of carbonyl (C=O) groups excluding carboxylic acids is 1. The summed E-state index contributed by atoms with van der Waals surface area (Å²) in [5.41, 5.74) is -0.949. The number of halogens is 1. The lowest BCUT2D eigenvalue weighted by Crippen LogP contribution is -2.27. The Balaban J connectivity index is 2.17. The van der Waals surface area contributed by atoms with Gasteiger partial charge in [-0.2, -0.15) is 0 Å². The van der Waals surface area contributed by atoms with E-state index in [4.69, 9.17) is 0 Å². The molecule has 0 aliphatic heterocycles. The minimum absolute atomic E-state index is 0.0231. The molecule has 1 saturated carbocycles. The first-order valence-corrected chi connectivity index (χ1v) is 3.55. The fourth-order valence-corrected chi connectivity index (χ4v) is 1.06. The third kappa shape index (κ3) is 1.97. The van der Waals surface area contributed by atoms with Crippen molar-refractivity contribution in [1.29, 1.82) is 0 Å². The second kappa shape index (κ2) is 2.56. The number of amides is 1. The number of nitrogens with one attached hydrogen (secondary N) is 1. The molecule has 1 N–H and O–H groups in total. The molecule has 0 spiro atoms. The molecule has 58 valence electrons. The van der Waals surface area contributed by atoms with E-state index in [1.54, 1.807) is 0 Å². The lowest BCUT2D eigenvalue weighted by molar-refractivity contribution is -0.110. The predicted molar refractivity (Wildman–Crippen MR) is 36.4 cm³/mol. The van der Waals surface area contributed by atoms with Gasteiger partial charge in [0.1, 0.15) is 5.67 Å². The predicted octanol–water partition coefficient (Wildman–Crippen LogP) is 1.01. The van der Waals surface area contributed by atoms with E-state index < -0.39 is 5.67 Å². The van der Waals surface area contributed by atoms with E-state index in [1.807, 2.05) is 6.92 Å². The summed E-state index contributed by atoms with van der Waals surface area (Å²) in [6, 6.07) is -0.0231. The molecule has 1 rings (SSSR count). The maximum absolute atomic E-state index is 12.9. The van der Waals surface area contributed by atoms with E-state index >= 15 is 0 Å². The third-order valence-electron chi connectivity index (χ3n) is 1.82. The first kappa shape index (κ1) is 7.51. The van der Waals surface area contributed by atoms with Crippen molar-refractivity contribution in [2.75, 3.05) is 0 Å². The van der Waals surface area contributed by atoms with Crippen molar-refractivity contribution in [2.24, 2.45) is 0 Å². The minimum atomic E-state index is -0.949. The van der Waals surface area contributed by atoms with Gasteiger partial charge in [0.25, 0.3) is 0 Å². The zero-order valence-electron chi connectivity index (χ0n) is 6.06. The van der Waals surface area contributed by atoms with Crippen LogP contribution in [0.2, 0.25) is 0 Å². The third-order valence-corrected chi connectivity index (χ3v) is 1.82. The molecule has 1 aliphatic carbocycles. The van der Waals surface area contributed by atoms with E-state index in [0.29, 0.717) is 25.7 Å². The van der Waals surface area contributed by atoms with Crippen LogP contribution in [0.3, 0.4) is 0 Å². The van der Waals surface area contributed by atoms with E-state index in [1.165, 1.54) is 0 Å². The average molecular weight is 145 g/mol. The Hall–Kier alpha value is -0.600. The van der Waals surface area contributed by atoms with E-state index in [9.17, 15) is 9.18 Å². The lowest BCUT2D eigenvalue weighted by atomic mass is 10.1. The van der Waals surface area contributed by atoms with Crippen molar-refractivity contribution < 1.29 is 9.18 Å². The van der Waals surface area contributed by atoms with Gasteiger partial charge in [-0.05, 0) is 19.8 Å². The zero-order chi connectivity index (χ0) is 7.61. The van der Waals surface area contributed by atoms with Crippen molar-refractivity contribution >= 4 is 6.41 Å². The quantitative estimate of drug-likeness (QED) is 0.588. The summed E-state index contributed by atoms with van der Waals surface area (Å²) in [6.07, 6.45) is 2.41. The standard InChI is InChI=1S/C7H12FNO/c1-6(9-5-10)4-7(8)2-3-7/h5-6H,2-4H2,1H3,(H,9,10). The molecule has 0 aromatic carbocycles. The first-order chi connectivity index (χ1) is 4.66. The molecule has 0 aromatic rings. The fraction of sp³-hybridized carbons (Fsp3) is 0.857. The van der Waals surface area contributed by atoms with Gasteiger partial charge in [0.2, 0.25) is 6.41 Å². The Labute approximate surface area is 59.8 Å². The van der Waals surface area contributed by atoms with Crippen LogP contribution in [0.4, 0.5) is 4.39 Å². The second-order valence-corrected chi connectivity index (χ2v) is 3.04. The Bertz CT molecular complexity index is 134. The van der Waals surface area contributed by atoms with Gasteiger partial charge in [-0.3, -0.25) is 4.79 Å². The van der Waals surface area contributed by atoms with Crippen molar-refractivity contribution in [3.05, 3.63) is 0 Å². The van der Waals surface area contributed by atoms with Gasteiger partial charge in [-0.1, -0.05) is 0 Å². The highest BCUT2D eigenvalue weighted by Gasteiger charge is 2.43. The molecule has 2 nitrogen and oxygen atoms in total. The van der Waals surface area contributed by atoms with Crippen LogP contribution in [-0.2, 0) is 4.79 Å². The fourth-order valence-electron chi connectivity index (χ4n) is 1.06. The highest BCUT2D eigenvalue weighted by atomic mass is 19.1. The molecule has 1 fully saturated rings. The largest absolute Gasteiger partial charge is 0.356 e. The molecule has 1 unspecified atom stereocenters. The first-order valence-electron chi connectivity index (χ1n) is 3.55. The van der Waals surface area contributed by atoms with Gasteiger partial charge in [-0.25, -0.2) is 4.39 Å². The normalized spacial score (nSPS) is 23.4. The Kier molecular flexibility index (Phi) is 1.92. The summed E-state index contributed by atoms with van der Waals surface area (Å²) in [5.74, 6) is 0. The monoisotopic (exact) mass is 145 g/mol. The van der Waals surface area contributed by atoms with Gasteiger partial charge in [-0.15, -0.1) is 0 Å². The molecule has 3 heteroatoms. The van der Waals surface area contributed by atoms with Gasteiger partial charge in [0, 0.05) is 12.5 Å². The number of hydrogen-bond acceptors (Lipinski definition) is 1. The Morgan fingerprint density at radius 3 is 2.80 bits per heavy atom. The Morgan fingerprint density at radius 2 is 2.40 bits per heavy atom. The van der Waals surface area contributed by atoms with Crippen LogP contribution in [0, 0.1) is 0 Å². The molecule has 0 heterocycles. The summed E-state index contributed by atoms with van der Waals surface area (Å²) in [5, 5.41) is 2.52. The highest BCUT2D eigenvalue weighted by molar-refractivity contribution is 5.46. The van der Waals surface area contributed by atoms with Crippen LogP contribution in [0.5, 0.6) is 0 Å². The van der Waals surface area contributed by atoms with Crippen molar-refractivity contribution in [3.63, 3.8) is 0 Å². The van der Waals surface area contributed by atoms with Crippen LogP contribution in [0.15, 0.2) is 0 Å². The zero-order valence-corrected chi connectivity index (χ0v) is 6.06. The van der Waals surface area contributed by atoms with E-state index in [-0.39, 0.29) is 6.04 Å². The van der Waals surface area contributed by atoms with Crippen LogP contribution in [0.1, 0.15) is 26.2 Å². The van der Waals surface area contributed by atoms with E-state index in [2.05, 4.69) is 5.32 Å². The summed E-state index contributed by atoms with van der Waals surface area (Å²) in [6.45, 7) is 1.81. The summed E-state index contributed by atoms with van der Waals surface area (Å²) < 4.78 is 12.9. The summed E-state index contributed by atoms with van der Waals surface area (Å²) in [7, 11) is 0. The second-order valence-electron chi connectivity index (χ2n) is 3.04. The molecule has 0 radical (unpaired) electrons. The smallest absolute Gasteiger partial charge is 0.207 e. The maximum atomic E-state index is 12.9. The van der Waals surface area contributed by atoms with Crippen LogP contribution in [-0.4, -0.2) is 18.1 Å². The van der Waals surface area contributed by atoms with Gasteiger partial charge < -0.3 is 5.32 Å². The maximum Gasteiger partial charge on any atom is 0.207 e. The van der Waals surface area contributed by atoms with E-state index in [0.717, 1.165) is 0 Å². The topological polar surface area (TPSA) is 29.1 Å². The number of hydrogen-bond donors (Lipinski definition) is 1. The molecule has 0 bridgehead atoms. The molecule has 0 saturated heterocycles. The number of carbonyl (C=O) groups is 1.